The van der Waals surface area contributed by atoms with Crippen LogP contribution in [0.3, 0.4) is 0 Å². The quantitative estimate of drug-likeness (QED) is 0.678. The number of anilines is 1. The summed E-state index contributed by atoms with van der Waals surface area (Å²) in [5.41, 5.74) is 1.11. The number of nitro groups is 1. The van der Waals surface area contributed by atoms with Crippen LogP contribution in [0.4, 0.5) is 11.4 Å². The Kier molecular flexibility index (Phi) is 4.95. The van der Waals surface area contributed by atoms with Gasteiger partial charge in [0.05, 0.1) is 4.92 Å². The van der Waals surface area contributed by atoms with Crippen molar-refractivity contribution in [2.75, 3.05) is 18.4 Å². The molecule has 0 saturated carbocycles. The average Bonchev–Trinajstić information content (AvgIpc) is 2.65. The number of nitrogens with one attached hydrogen (secondary N) is 1. The van der Waals surface area contributed by atoms with E-state index in [1.165, 1.54) is 6.42 Å². The molecule has 1 aromatic rings. The summed E-state index contributed by atoms with van der Waals surface area (Å²) in [7, 11) is 0. The van der Waals surface area contributed by atoms with Crippen LogP contribution in [0.5, 0.6) is 0 Å². The first kappa shape index (κ1) is 14.8. The third-order valence-corrected chi connectivity index (χ3v) is 3.94. The second-order valence-electron chi connectivity index (χ2n) is 5.71. The summed E-state index contributed by atoms with van der Waals surface area (Å²) in [6, 6.07) is 7.76. The molecule has 0 spiro atoms. The van der Waals surface area contributed by atoms with Crippen LogP contribution in [-0.2, 0) is 0 Å². The first-order chi connectivity index (χ1) is 9.56. The number of nitrogens with zero attached hydrogens (tertiary/aromatic N) is 2. The molecule has 5 heteroatoms. The van der Waals surface area contributed by atoms with E-state index in [0.717, 1.165) is 31.6 Å². The van der Waals surface area contributed by atoms with Crippen molar-refractivity contribution in [3.05, 3.63) is 34.4 Å². The van der Waals surface area contributed by atoms with E-state index in [1.54, 1.807) is 24.3 Å². The van der Waals surface area contributed by atoms with Gasteiger partial charge in [-0.05, 0) is 51.8 Å². The molecule has 5 nitrogen and oxygen atoms in total. The van der Waals surface area contributed by atoms with Gasteiger partial charge in [0.2, 0.25) is 0 Å². The molecule has 0 bridgehead atoms. The van der Waals surface area contributed by atoms with Crippen LogP contribution in [0.25, 0.3) is 0 Å². The normalized spacial score (nSPS) is 20.6. The highest BCUT2D eigenvalue weighted by Gasteiger charge is 2.18. The first-order valence-electron chi connectivity index (χ1n) is 7.31. The van der Waals surface area contributed by atoms with Crippen LogP contribution in [0, 0.1) is 10.1 Å². The van der Waals surface area contributed by atoms with Crippen LogP contribution in [0.15, 0.2) is 24.3 Å². The summed E-state index contributed by atoms with van der Waals surface area (Å²) in [6.45, 7) is 6.76. The van der Waals surface area contributed by atoms with E-state index in [-0.39, 0.29) is 10.6 Å². The number of benzene rings is 1. The van der Waals surface area contributed by atoms with Gasteiger partial charge >= 0.3 is 0 Å². The van der Waals surface area contributed by atoms with Crippen LogP contribution >= 0.6 is 0 Å². The van der Waals surface area contributed by atoms with Gasteiger partial charge in [0.1, 0.15) is 0 Å². The Balaban J connectivity index is 1.91. The molecule has 1 fully saturated rings. The Morgan fingerprint density at radius 2 is 1.95 bits per heavy atom. The van der Waals surface area contributed by atoms with Gasteiger partial charge in [-0.25, -0.2) is 0 Å². The maximum absolute atomic E-state index is 10.6. The maximum Gasteiger partial charge on any atom is 0.269 e. The van der Waals surface area contributed by atoms with Crippen molar-refractivity contribution >= 4 is 11.4 Å². The van der Waals surface area contributed by atoms with E-state index < -0.39 is 0 Å². The molecule has 1 aromatic carbocycles. The van der Waals surface area contributed by atoms with Gasteiger partial charge in [0.25, 0.3) is 5.69 Å². The highest BCUT2D eigenvalue weighted by Crippen LogP contribution is 2.20. The molecule has 1 aliphatic rings. The molecule has 0 aliphatic carbocycles. The SMILES string of the molecule is CC(C)N1CCCC(Nc2ccc([N+](=O)[O-])cc2)CC1. The van der Waals surface area contributed by atoms with E-state index in [2.05, 4.69) is 24.1 Å². The minimum atomic E-state index is -0.365. The van der Waals surface area contributed by atoms with Gasteiger partial charge < -0.3 is 10.2 Å². The Hall–Kier alpha value is -1.62. The molecule has 1 atom stereocenters. The molecular formula is C15H23N3O2. The molecule has 1 heterocycles. The zero-order chi connectivity index (χ0) is 14.5. The highest BCUT2D eigenvalue weighted by atomic mass is 16.6. The zero-order valence-corrected chi connectivity index (χ0v) is 12.2. The number of rotatable bonds is 4. The summed E-state index contributed by atoms with van der Waals surface area (Å²) >= 11 is 0. The molecule has 1 unspecified atom stereocenters. The van der Waals surface area contributed by atoms with E-state index >= 15 is 0 Å². The lowest BCUT2D eigenvalue weighted by Gasteiger charge is -2.24. The topological polar surface area (TPSA) is 58.4 Å². The lowest BCUT2D eigenvalue weighted by Crippen LogP contribution is -2.32. The number of non-ortho nitro benzene ring substituents is 1. The molecular weight excluding hydrogens is 254 g/mol. The third kappa shape index (κ3) is 3.93. The third-order valence-electron chi connectivity index (χ3n) is 3.94. The van der Waals surface area contributed by atoms with Gasteiger partial charge in [0, 0.05) is 36.4 Å². The number of nitro benzene ring substituents is 1. The van der Waals surface area contributed by atoms with Crippen molar-refractivity contribution in [1.29, 1.82) is 0 Å². The first-order valence-corrected chi connectivity index (χ1v) is 7.31. The molecule has 1 aliphatic heterocycles. The Labute approximate surface area is 120 Å². The molecule has 2 rings (SSSR count). The largest absolute Gasteiger partial charge is 0.382 e. The second kappa shape index (κ2) is 6.70. The molecule has 20 heavy (non-hydrogen) atoms. The minimum Gasteiger partial charge on any atom is -0.382 e. The molecule has 1 N–H and O–H groups in total. The Morgan fingerprint density at radius 3 is 2.55 bits per heavy atom. The van der Waals surface area contributed by atoms with E-state index in [1.807, 2.05) is 0 Å². The van der Waals surface area contributed by atoms with Gasteiger partial charge in [-0.2, -0.15) is 0 Å². The fourth-order valence-electron chi connectivity index (χ4n) is 2.69. The number of hydrogen-bond acceptors (Lipinski definition) is 4. The lowest BCUT2D eigenvalue weighted by molar-refractivity contribution is -0.384. The van der Waals surface area contributed by atoms with Crippen LogP contribution in [0.2, 0.25) is 0 Å². The fourth-order valence-corrected chi connectivity index (χ4v) is 2.69. The lowest BCUT2D eigenvalue weighted by atomic mass is 10.1. The van der Waals surface area contributed by atoms with Crippen molar-refractivity contribution in [1.82, 2.24) is 4.90 Å². The Morgan fingerprint density at radius 1 is 1.25 bits per heavy atom. The minimum absolute atomic E-state index is 0.141. The smallest absolute Gasteiger partial charge is 0.269 e. The van der Waals surface area contributed by atoms with Crippen molar-refractivity contribution < 1.29 is 4.92 Å². The number of hydrogen-bond donors (Lipinski definition) is 1. The molecule has 0 radical (unpaired) electrons. The monoisotopic (exact) mass is 277 g/mol. The second-order valence-corrected chi connectivity index (χ2v) is 5.71. The van der Waals surface area contributed by atoms with E-state index in [9.17, 15) is 10.1 Å². The predicted octanol–water partition coefficient (Wildman–Crippen LogP) is 3.27. The fraction of sp³-hybridized carbons (Fsp3) is 0.600. The summed E-state index contributed by atoms with van der Waals surface area (Å²) in [6.07, 6.45) is 3.47. The van der Waals surface area contributed by atoms with Gasteiger partial charge in [-0.1, -0.05) is 0 Å². The zero-order valence-electron chi connectivity index (χ0n) is 12.2. The standard InChI is InChI=1S/C15H23N3O2/c1-12(2)17-10-3-4-13(9-11-17)16-14-5-7-15(8-6-14)18(19)20/h5-8,12-13,16H,3-4,9-11H2,1-2H3. The van der Waals surface area contributed by atoms with Crippen LogP contribution in [-0.4, -0.2) is 35.0 Å². The van der Waals surface area contributed by atoms with Crippen molar-refractivity contribution in [2.24, 2.45) is 0 Å². The molecule has 110 valence electrons. The van der Waals surface area contributed by atoms with Gasteiger partial charge in [-0.15, -0.1) is 0 Å². The summed E-state index contributed by atoms with van der Waals surface area (Å²) in [5.74, 6) is 0. The summed E-state index contributed by atoms with van der Waals surface area (Å²) in [4.78, 5) is 12.8. The van der Waals surface area contributed by atoms with Crippen molar-refractivity contribution in [3.8, 4) is 0 Å². The number of likely N-dealkylation sites (tertiary alicyclic amines) is 1. The maximum atomic E-state index is 10.6. The molecule has 0 aromatic heterocycles. The Bertz CT molecular complexity index is 445. The van der Waals surface area contributed by atoms with Crippen molar-refractivity contribution in [3.63, 3.8) is 0 Å². The average molecular weight is 277 g/mol. The predicted molar refractivity (Wildman–Crippen MR) is 81.1 cm³/mol. The van der Waals surface area contributed by atoms with E-state index in [4.69, 9.17) is 0 Å². The summed E-state index contributed by atoms with van der Waals surface area (Å²) < 4.78 is 0. The van der Waals surface area contributed by atoms with Crippen LogP contribution in [0.1, 0.15) is 33.1 Å². The van der Waals surface area contributed by atoms with Gasteiger partial charge in [0.15, 0.2) is 0 Å². The van der Waals surface area contributed by atoms with Gasteiger partial charge in [-0.3, -0.25) is 10.1 Å². The highest BCUT2D eigenvalue weighted by molar-refractivity contribution is 5.49. The van der Waals surface area contributed by atoms with Crippen LogP contribution < -0.4 is 5.32 Å². The van der Waals surface area contributed by atoms with E-state index in [0.29, 0.717) is 12.1 Å². The molecule has 1 saturated heterocycles. The summed E-state index contributed by atoms with van der Waals surface area (Å²) in [5, 5.41) is 14.1. The molecule has 0 amide bonds. The van der Waals surface area contributed by atoms with Crippen molar-refractivity contribution in [2.45, 2.75) is 45.2 Å².